The van der Waals surface area contributed by atoms with Crippen LogP contribution in [-0.4, -0.2) is 29.4 Å². The minimum absolute atomic E-state index is 0.185. The highest BCUT2D eigenvalue weighted by Crippen LogP contribution is 2.37. The SMILES string of the molecule is C[C@@H](Oc1ccccc1)C(=O)N1CC(=O)Nc2ccc(Cl)cc2[C@H]1c1ccc(F)cc1. The van der Waals surface area contributed by atoms with Crippen LogP contribution in [0.3, 0.4) is 0 Å². The molecule has 0 fully saturated rings. The van der Waals surface area contributed by atoms with Crippen LogP contribution in [-0.2, 0) is 9.59 Å². The van der Waals surface area contributed by atoms with Crippen LogP contribution in [0.15, 0.2) is 72.8 Å². The summed E-state index contributed by atoms with van der Waals surface area (Å²) in [4.78, 5) is 27.5. The van der Waals surface area contributed by atoms with E-state index in [1.54, 1.807) is 49.4 Å². The minimum atomic E-state index is -0.848. The summed E-state index contributed by atoms with van der Waals surface area (Å²) in [5.41, 5.74) is 1.85. The fraction of sp³-hybridized carbons (Fsp3) is 0.167. The number of fused-ring (bicyclic) bond motifs is 1. The molecule has 0 radical (unpaired) electrons. The lowest BCUT2D eigenvalue weighted by Crippen LogP contribution is -2.45. The van der Waals surface area contributed by atoms with Gasteiger partial charge in [0.15, 0.2) is 6.10 Å². The number of carbonyl (C=O) groups is 2. The quantitative estimate of drug-likeness (QED) is 0.635. The van der Waals surface area contributed by atoms with Crippen molar-refractivity contribution in [1.82, 2.24) is 4.90 Å². The van der Waals surface area contributed by atoms with E-state index >= 15 is 0 Å². The molecule has 7 heteroatoms. The molecule has 3 aromatic carbocycles. The normalized spacial score (nSPS) is 16.7. The van der Waals surface area contributed by atoms with Crippen LogP contribution in [0.2, 0.25) is 5.02 Å². The predicted molar refractivity (Wildman–Crippen MR) is 117 cm³/mol. The molecule has 158 valence electrons. The van der Waals surface area contributed by atoms with E-state index in [4.69, 9.17) is 16.3 Å². The smallest absolute Gasteiger partial charge is 0.264 e. The number of halogens is 2. The van der Waals surface area contributed by atoms with Gasteiger partial charge in [-0.15, -0.1) is 0 Å². The van der Waals surface area contributed by atoms with Gasteiger partial charge in [-0.25, -0.2) is 4.39 Å². The van der Waals surface area contributed by atoms with Crippen LogP contribution in [0.1, 0.15) is 24.1 Å². The largest absolute Gasteiger partial charge is 0.481 e. The number of rotatable bonds is 4. The highest BCUT2D eigenvalue weighted by Gasteiger charge is 2.36. The first-order valence-electron chi connectivity index (χ1n) is 9.79. The number of hydrogen-bond acceptors (Lipinski definition) is 3. The Balaban J connectivity index is 1.76. The third-order valence-corrected chi connectivity index (χ3v) is 5.32. The third kappa shape index (κ3) is 4.54. The first-order chi connectivity index (χ1) is 14.9. The molecule has 31 heavy (non-hydrogen) atoms. The van der Waals surface area contributed by atoms with Gasteiger partial charge in [-0.3, -0.25) is 9.59 Å². The van der Waals surface area contributed by atoms with Gasteiger partial charge in [0.05, 0.1) is 6.04 Å². The van der Waals surface area contributed by atoms with Crippen LogP contribution in [0.25, 0.3) is 0 Å². The summed E-state index contributed by atoms with van der Waals surface area (Å²) in [6.45, 7) is 1.45. The monoisotopic (exact) mass is 438 g/mol. The second-order valence-corrected chi connectivity index (χ2v) is 7.71. The summed E-state index contributed by atoms with van der Waals surface area (Å²) in [5, 5.41) is 3.29. The average molecular weight is 439 g/mol. The molecule has 2 atom stereocenters. The van der Waals surface area contributed by atoms with E-state index in [1.165, 1.54) is 17.0 Å². The molecule has 0 aromatic heterocycles. The number of ether oxygens (including phenoxy) is 1. The lowest BCUT2D eigenvalue weighted by atomic mass is 9.95. The van der Waals surface area contributed by atoms with Crippen molar-refractivity contribution in [2.45, 2.75) is 19.1 Å². The summed E-state index contributed by atoms with van der Waals surface area (Å²) in [5.74, 6) is -0.560. The molecule has 0 saturated carbocycles. The molecule has 0 saturated heterocycles. The van der Waals surface area contributed by atoms with E-state index < -0.39 is 18.0 Å². The molecule has 0 bridgehead atoms. The van der Waals surface area contributed by atoms with E-state index in [2.05, 4.69) is 5.32 Å². The molecule has 2 amide bonds. The maximum absolute atomic E-state index is 13.6. The lowest BCUT2D eigenvalue weighted by Gasteiger charge is -2.32. The maximum atomic E-state index is 13.6. The molecule has 1 aliphatic heterocycles. The summed E-state index contributed by atoms with van der Waals surface area (Å²) in [7, 11) is 0. The number of hydrogen-bond donors (Lipinski definition) is 1. The van der Waals surface area contributed by atoms with E-state index in [1.807, 2.05) is 18.2 Å². The zero-order valence-electron chi connectivity index (χ0n) is 16.7. The number of amides is 2. The van der Waals surface area contributed by atoms with Crippen molar-refractivity contribution in [3.63, 3.8) is 0 Å². The van der Waals surface area contributed by atoms with Crippen LogP contribution in [0.4, 0.5) is 10.1 Å². The average Bonchev–Trinajstić information content (AvgIpc) is 2.90. The van der Waals surface area contributed by atoms with Crippen LogP contribution >= 0.6 is 11.6 Å². The van der Waals surface area contributed by atoms with Gasteiger partial charge in [-0.05, 0) is 55.0 Å². The molecule has 5 nitrogen and oxygen atoms in total. The summed E-state index contributed by atoms with van der Waals surface area (Å²) in [6, 6.07) is 19.3. The second kappa shape index (κ2) is 8.78. The van der Waals surface area contributed by atoms with Crippen molar-refractivity contribution in [3.05, 3.63) is 94.8 Å². The summed E-state index contributed by atoms with van der Waals surface area (Å²) >= 11 is 6.24. The summed E-state index contributed by atoms with van der Waals surface area (Å²) in [6.07, 6.45) is -0.848. The first kappa shape index (κ1) is 20.9. The molecular weight excluding hydrogens is 419 g/mol. The number of nitrogens with zero attached hydrogens (tertiary/aromatic N) is 1. The Labute approximate surface area is 184 Å². The number of para-hydroxylation sites is 1. The molecular formula is C24H20ClFN2O3. The number of carbonyl (C=O) groups excluding carboxylic acids is 2. The van der Waals surface area contributed by atoms with Crippen molar-refractivity contribution in [3.8, 4) is 5.75 Å². The van der Waals surface area contributed by atoms with Gasteiger partial charge in [0.1, 0.15) is 18.1 Å². The maximum Gasteiger partial charge on any atom is 0.264 e. The van der Waals surface area contributed by atoms with Crippen LogP contribution in [0.5, 0.6) is 5.75 Å². The first-order valence-corrected chi connectivity index (χ1v) is 10.2. The fourth-order valence-electron chi connectivity index (χ4n) is 3.67. The molecule has 0 aliphatic carbocycles. The minimum Gasteiger partial charge on any atom is -0.481 e. The van der Waals surface area contributed by atoms with Crippen LogP contribution < -0.4 is 10.1 Å². The Morgan fingerprint density at radius 3 is 2.55 bits per heavy atom. The van der Waals surface area contributed by atoms with Gasteiger partial charge in [-0.1, -0.05) is 41.9 Å². The van der Waals surface area contributed by atoms with Crippen molar-refractivity contribution in [2.24, 2.45) is 0 Å². The molecule has 1 heterocycles. The van der Waals surface area contributed by atoms with E-state index in [0.29, 0.717) is 27.6 Å². The second-order valence-electron chi connectivity index (χ2n) is 7.27. The lowest BCUT2D eigenvalue weighted by molar-refractivity contribution is -0.142. The number of anilines is 1. The Kier molecular flexibility index (Phi) is 5.91. The molecule has 0 unspecified atom stereocenters. The highest BCUT2D eigenvalue weighted by molar-refractivity contribution is 6.30. The summed E-state index contributed by atoms with van der Waals surface area (Å²) < 4.78 is 19.4. The number of nitrogens with one attached hydrogen (secondary N) is 1. The predicted octanol–water partition coefficient (Wildman–Crippen LogP) is 4.82. The van der Waals surface area contributed by atoms with Crippen LogP contribution in [0, 0.1) is 5.82 Å². The Bertz CT molecular complexity index is 1110. The molecule has 4 rings (SSSR count). The van der Waals surface area contributed by atoms with Crippen molar-refractivity contribution in [2.75, 3.05) is 11.9 Å². The van der Waals surface area contributed by atoms with Gasteiger partial charge in [0.2, 0.25) is 5.91 Å². The van der Waals surface area contributed by atoms with Crippen molar-refractivity contribution < 1.29 is 18.7 Å². The standard InChI is InChI=1S/C24H20ClFN2O3/c1-15(31-19-5-3-2-4-6-19)24(30)28-14-22(29)27-21-12-9-17(25)13-20(21)23(28)16-7-10-18(26)11-8-16/h2-13,15,23H,14H2,1H3,(H,27,29)/t15-,23-/m1/s1. The third-order valence-electron chi connectivity index (χ3n) is 5.08. The van der Waals surface area contributed by atoms with Crippen molar-refractivity contribution in [1.29, 1.82) is 0 Å². The number of benzene rings is 3. The Hall–Kier alpha value is -3.38. The molecule has 1 aliphatic rings. The van der Waals surface area contributed by atoms with Gasteiger partial charge in [-0.2, -0.15) is 0 Å². The van der Waals surface area contributed by atoms with Gasteiger partial charge in [0.25, 0.3) is 5.91 Å². The molecule has 3 aromatic rings. The Morgan fingerprint density at radius 1 is 1.13 bits per heavy atom. The van der Waals surface area contributed by atoms with E-state index in [-0.39, 0.29) is 18.4 Å². The zero-order valence-corrected chi connectivity index (χ0v) is 17.5. The highest BCUT2D eigenvalue weighted by atomic mass is 35.5. The Morgan fingerprint density at radius 2 is 1.84 bits per heavy atom. The van der Waals surface area contributed by atoms with Gasteiger partial charge < -0.3 is 15.0 Å². The van der Waals surface area contributed by atoms with Crippen molar-refractivity contribution >= 4 is 29.1 Å². The fourth-order valence-corrected chi connectivity index (χ4v) is 3.85. The topological polar surface area (TPSA) is 58.6 Å². The van der Waals surface area contributed by atoms with E-state index in [0.717, 1.165) is 0 Å². The van der Waals surface area contributed by atoms with E-state index in [9.17, 15) is 14.0 Å². The molecule has 0 spiro atoms. The van der Waals surface area contributed by atoms with Gasteiger partial charge >= 0.3 is 0 Å². The van der Waals surface area contributed by atoms with Gasteiger partial charge in [0, 0.05) is 16.3 Å². The zero-order chi connectivity index (χ0) is 22.0. The molecule has 1 N–H and O–H groups in total.